The Morgan fingerprint density at radius 1 is 0.385 bits per heavy atom. The molecule has 0 fully saturated rings. The minimum Gasteiger partial charge on any atom is -0.253 e. The van der Waals surface area contributed by atoms with Crippen LogP contribution in [0.15, 0.2) is 144 Å². The van der Waals surface area contributed by atoms with E-state index >= 15 is 0 Å². The molecule has 0 amide bonds. The van der Waals surface area contributed by atoms with Crippen molar-refractivity contribution in [2.45, 2.75) is 60.8 Å². The van der Waals surface area contributed by atoms with Crippen molar-refractivity contribution in [1.29, 1.82) is 0 Å². The second kappa shape index (κ2) is 15.0. The smallest absolute Gasteiger partial charge is 0.0965 e. The van der Waals surface area contributed by atoms with Crippen LogP contribution >= 0.6 is 23.5 Å². The lowest BCUT2D eigenvalue weighted by Crippen LogP contribution is -2.06. The van der Waals surface area contributed by atoms with Gasteiger partial charge in [0.1, 0.15) is 0 Å². The molecule has 4 heteroatoms. The Balaban J connectivity index is 1.02. The molecular formula is C48H44N2S2. The normalized spacial score (nSPS) is 12.4. The van der Waals surface area contributed by atoms with Crippen LogP contribution in [0.5, 0.6) is 0 Å². The highest BCUT2D eigenvalue weighted by atomic mass is 32.2. The van der Waals surface area contributed by atoms with Gasteiger partial charge in [-0.15, -0.1) is 23.5 Å². The van der Waals surface area contributed by atoms with Crippen molar-refractivity contribution in [3.8, 4) is 22.3 Å². The van der Waals surface area contributed by atoms with E-state index in [1.807, 2.05) is 35.9 Å². The molecule has 0 N–H and O–H groups in total. The van der Waals surface area contributed by atoms with E-state index in [1.54, 1.807) is 0 Å². The molecule has 7 rings (SSSR count). The second-order valence-corrected chi connectivity index (χ2v) is 18.9. The van der Waals surface area contributed by atoms with E-state index in [-0.39, 0.29) is 9.49 Å². The van der Waals surface area contributed by atoms with Crippen LogP contribution in [-0.4, -0.2) is 19.5 Å². The first-order chi connectivity index (χ1) is 24.9. The van der Waals surface area contributed by atoms with Gasteiger partial charge in [-0.2, -0.15) is 0 Å². The number of hydrogen-bond acceptors (Lipinski definition) is 4. The first-order valence-corrected chi connectivity index (χ1v) is 19.4. The molecule has 0 aliphatic rings. The summed E-state index contributed by atoms with van der Waals surface area (Å²) < 4.78 is 0.420. The Labute approximate surface area is 317 Å². The largest absolute Gasteiger partial charge is 0.253 e. The summed E-state index contributed by atoms with van der Waals surface area (Å²) in [5.74, 6) is 0. The third-order valence-electron chi connectivity index (χ3n) is 8.53. The Morgan fingerprint density at radius 3 is 1.00 bits per heavy atom. The maximum absolute atomic E-state index is 4.91. The molecule has 52 heavy (non-hydrogen) atoms. The Kier molecular flexibility index (Phi) is 10.2. The summed E-state index contributed by atoms with van der Waals surface area (Å²) in [6, 6.07) is 43.6. The van der Waals surface area contributed by atoms with Crippen molar-refractivity contribution in [1.82, 2.24) is 9.97 Å². The number of nitrogens with zero attached hydrogens (tertiary/aromatic N) is 2. The van der Waals surface area contributed by atoms with E-state index in [1.165, 1.54) is 32.0 Å². The van der Waals surface area contributed by atoms with E-state index < -0.39 is 0 Å². The van der Waals surface area contributed by atoms with E-state index in [2.05, 4.69) is 187 Å². The van der Waals surface area contributed by atoms with Crippen LogP contribution < -0.4 is 0 Å². The molecular weight excluding hydrogens is 669 g/mol. The van der Waals surface area contributed by atoms with E-state index in [0.29, 0.717) is 0 Å². The fourth-order valence-electron chi connectivity index (χ4n) is 6.07. The van der Waals surface area contributed by atoms with Gasteiger partial charge in [0.2, 0.25) is 0 Å². The van der Waals surface area contributed by atoms with Gasteiger partial charge < -0.3 is 0 Å². The van der Waals surface area contributed by atoms with Gasteiger partial charge in [0.15, 0.2) is 0 Å². The lowest BCUT2D eigenvalue weighted by Gasteiger charge is -2.17. The number of aromatic nitrogens is 2. The predicted molar refractivity (Wildman–Crippen MR) is 230 cm³/mol. The zero-order valence-corrected chi connectivity index (χ0v) is 32.4. The molecule has 2 nitrogen and oxygen atoms in total. The Hall–Kier alpha value is -4.90. The second-order valence-electron chi connectivity index (χ2n) is 15.1. The van der Waals surface area contributed by atoms with Gasteiger partial charge in [-0.3, -0.25) is 9.97 Å². The van der Waals surface area contributed by atoms with Gasteiger partial charge in [0.05, 0.1) is 11.0 Å². The zero-order valence-electron chi connectivity index (χ0n) is 30.7. The topological polar surface area (TPSA) is 25.8 Å². The summed E-state index contributed by atoms with van der Waals surface area (Å²) in [6.45, 7) is 13.5. The molecule has 7 aromatic rings. The Bertz CT molecular complexity index is 2200. The molecule has 0 aliphatic carbocycles. The van der Waals surface area contributed by atoms with Crippen molar-refractivity contribution in [3.63, 3.8) is 0 Å². The highest BCUT2D eigenvalue weighted by molar-refractivity contribution is 8.00. The fourth-order valence-corrected chi connectivity index (χ4v) is 8.03. The molecule has 0 bridgehead atoms. The highest BCUT2D eigenvalue weighted by Crippen LogP contribution is 2.34. The van der Waals surface area contributed by atoms with Crippen LogP contribution in [0.4, 0.5) is 0 Å². The third-order valence-corrected chi connectivity index (χ3v) is 10.8. The summed E-state index contributed by atoms with van der Waals surface area (Å²) >= 11 is 3.78. The van der Waals surface area contributed by atoms with Gasteiger partial charge in [-0.25, -0.2) is 0 Å². The SMILES string of the molecule is CC(C)(C)Sc1ccc(/C=C/c2ccc(-c3cnc4c(ccc5cc(-c6ccc(/C=C/c7ccc(SC(C)(C)C)cc7)cc6)cnc54)c3)cc2)cc1. The van der Waals surface area contributed by atoms with E-state index in [0.717, 1.165) is 44.1 Å². The van der Waals surface area contributed by atoms with Crippen LogP contribution in [0.3, 0.4) is 0 Å². The summed E-state index contributed by atoms with van der Waals surface area (Å²) in [4.78, 5) is 12.4. The van der Waals surface area contributed by atoms with Gasteiger partial charge in [0.25, 0.3) is 0 Å². The molecule has 0 aliphatic heterocycles. The third kappa shape index (κ3) is 9.11. The van der Waals surface area contributed by atoms with Gasteiger partial charge in [-0.05, 0) is 69.8 Å². The van der Waals surface area contributed by atoms with Crippen LogP contribution in [-0.2, 0) is 0 Å². The maximum atomic E-state index is 4.91. The summed E-state index contributed by atoms with van der Waals surface area (Å²) in [6.07, 6.45) is 12.6. The molecule has 5 aromatic carbocycles. The minimum atomic E-state index is 0.210. The molecule has 2 heterocycles. The maximum Gasteiger partial charge on any atom is 0.0965 e. The first-order valence-electron chi connectivity index (χ1n) is 17.8. The molecule has 0 saturated carbocycles. The summed E-state index contributed by atoms with van der Waals surface area (Å²) in [5, 5.41) is 2.17. The minimum absolute atomic E-state index is 0.210. The zero-order chi connectivity index (χ0) is 36.3. The number of fused-ring (bicyclic) bond motifs is 3. The van der Waals surface area contributed by atoms with Crippen molar-refractivity contribution in [3.05, 3.63) is 156 Å². The average Bonchev–Trinajstić information content (AvgIpc) is 3.13. The van der Waals surface area contributed by atoms with Gasteiger partial charge in [-0.1, -0.05) is 151 Å². The lowest BCUT2D eigenvalue weighted by atomic mass is 10.0. The van der Waals surface area contributed by atoms with Crippen molar-refractivity contribution >= 4 is 69.6 Å². The monoisotopic (exact) mass is 712 g/mol. The standard InChI is InChI=1S/C48H44N2S2/c1-47(2,3)51-43-25-15-35(16-26-43)9-7-33-11-19-37(20-12-33)41-29-39-23-24-40-30-42(32-50-46(40)45(39)49-31-41)38-21-13-34(14-22-38)8-10-36-17-27-44(28-18-36)52-48(4,5)6/h7-32H,1-6H3/b9-7+,10-8+. The number of thioether (sulfide) groups is 2. The van der Waals surface area contributed by atoms with Crippen molar-refractivity contribution < 1.29 is 0 Å². The van der Waals surface area contributed by atoms with Gasteiger partial charge in [0, 0.05) is 53.6 Å². The molecule has 0 radical (unpaired) electrons. The average molecular weight is 713 g/mol. The lowest BCUT2D eigenvalue weighted by molar-refractivity contribution is 0.802. The van der Waals surface area contributed by atoms with E-state index in [9.17, 15) is 0 Å². The number of pyridine rings is 2. The first kappa shape index (κ1) is 35.5. The predicted octanol–water partition coefficient (Wildman–Crippen LogP) is 14.2. The summed E-state index contributed by atoms with van der Waals surface area (Å²) in [7, 11) is 0. The van der Waals surface area contributed by atoms with Crippen molar-refractivity contribution in [2.24, 2.45) is 0 Å². The molecule has 0 unspecified atom stereocenters. The quantitative estimate of drug-likeness (QED) is 0.0890. The van der Waals surface area contributed by atoms with Crippen molar-refractivity contribution in [2.75, 3.05) is 0 Å². The van der Waals surface area contributed by atoms with Crippen LogP contribution in [0, 0.1) is 0 Å². The molecule has 2 aromatic heterocycles. The highest BCUT2D eigenvalue weighted by Gasteiger charge is 2.13. The molecule has 0 atom stereocenters. The fraction of sp³-hybridized carbons (Fsp3) is 0.167. The van der Waals surface area contributed by atoms with Crippen LogP contribution in [0.1, 0.15) is 63.8 Å². The molecule has 0 saturated heterocycles. The van der Waals surface area contributed by atoms with E-state index in [4.69, 9.17) is 9.97 Å². The Morgan fingerprint density at radius 2 is 0.692 bits per heavy atom. The summed E-state index contributed by atoms with van der Waals surface area (Å²) in [5.41, 5.74) is 11.0. The van der Waals surface area contributed by atoms with Gasteiger partial charge >= 0.3 is 0 Å². The van der Waals surface area contributed by atoms with Crippen LogP contribution in [0.25, 0.3) is 68.4 Å². The number of rotatable bonds is 8. The number of benzene rings is 5. The number of hydrogen-bond donors (Lipinski definition) is 0. The molecule has 258 valence electrons. The van der Waals surface area contributed by atoms with Crippen LogP contribution in [0.2, 0.25) is 0 Å². The molecule has 0 spiro atoms.